The highest BCUT2D eigenvalue weighted by molar-refractivity contribution is 5.32. The minimum atomic E-state index is 0.181. The molecule has 0 aliphatic heterocycles. The van der Waals surface area contributed by atoms with Crippen LogP contribution in [0.15, 0.2) is 24.3 Å². The second-order valence-corrected chi connectivity index (χ2v) is 3.65. The smallest absolute Gasteiger partial charge is 0.324 e. The summed E-state index contributed by atoms with van der Waals surface area (Å²) < 4.78 is 9.90. The number of phenols is 1. The minimum absolute atomic E-state index is 0.181. The Morgan fingerprint density at radius 1 is 1.00 bits per heavy atom. The van der Waals surface area contributed by atoms with Gasteiger partial charge in [-0.2, -0.15) is 9.97 Å². The van der Waals surface area contributed by atoms with Gasteiger partial charge in [-0.3, -0.25) is 0 Å². The van der Waals surface area contributed by atoms with E-state index in [2.05, 4.69) is 20.3 Å². The standard InChI is InChI=1S/C12H14N4O3/c1-18-11-14-10(15-12(16-11)19-2)13-7-8-3-5-9(17)6-4-8/h3-6,17H,7H2,1-2H3,(H,13,14,15,16). The van der Waals surface area contributed by atoms with Gasteiger partial charge < -0.3 is 19.9 Å². The highest BCUT2D eigenvalue weighted by Gasteiger charge is 2.06. The summed E-state index contributed by atoms with van der Waals surface area (Å²) in [5.41, 5.74) is 0.983. The van der Waals surface area contributed by atoms with E-state index in [0.717, 1.165) is 5.56 Å². The Bertz CT molecular complexity index is 523. The lowest BCUT2D eigenvalue weighted by Gasteiger charge is -2.07. The molecule has 7 heteroatoms. The maximum atomic E-state index is 9.19. The Labute approximate surface area is 110 Å². The van der Waals surface area contributed by atoms with Gasteiger partial charge in [0.15, 0.2) is 0 Å². The first-order valence-corrected chi connectivity index (χ1v) is 5.57. The summed E-state index contributed by atoms with van der Waals surface area (Å²) in [6, 6.07) is 7.20. The molecule has 0 saturated heterocycles. The van der Waals surface area contributed by atoms with Crippen molar-refractivity contribution in [2.24, 2.45) is 0 Å². The molecule has 19 heavy (non-hydrogen) atoms. The molecule has 2 aromatic rings. The fourth-order valence-corrected chi connectivity index (χ4v) is 1.39. The Balaban J connectivity index is 2.08. The molecule has 7 nitrogen and oxygen atoms in total. The zero-order valence-electron chi connectivity index (χ0n) is 10.6. The number of aromatic hydroxyl groups is 1. The van der Waals surface area contributed by atoms with E-state index in [1.807, 2.05) is 0 Å². The Morgan fingerprint density at radius 3 is 2.11 bits per heavy atom. The van der Waals surface area contributed by atoms with Crippen LogP contribution in [0.4, 0.5) is 5.95 Å². The van der Waals surface area contributed by atoms with Crippen molar-refractivity contribution in [3.63, 3.8) is 0 Å². The zero-order chi connectivity index (χ0) is 13.7. The number of aromatic nitrogens is 3. The molecule has 100 valence electrons. The molecule has 0 spiro atoms. The molecule has 0 aliphatic rings. The number of nitrogens with one attached hydrogen (secondary N) is 1. The summed E-state index contributed by atoms with van der Waals surface area (Å²) >= 11 is 0. The fourth-order valence-electron chi connectivity index (χ4n) is 1.39. The number of benzene rings is 1. The van der Waals surface area contributed by atoms with Gasteiger partial charge >= 0.3 is 12.0 Å². The van der Waals surface area contributed by atoms with Gasteiger partial charge in [0.05, 0.1) is 14.2 Å². The highest BCUT2D eigenvalue weighted by Crippen LogP contribution is 2.14. The van der Waals surface area contributed by atoms with Gasteiger partial charge in [-0.15, -0.1) is 4.98 Å². The van der Waals surface area contributed by atoms with Gasteiger partial charge in [-0.25, -0.2) is 0 Å². The van der Waals surface area contributed by atoms with Crippen LogP contribution in [0.2, 0.25) is 0 Å². The first-order chi connectivity index (χ1) is 9.21. The van der Waals surface area contributed by atoms with Crippen molar-refractivity contribution < 1.29 is 14.6 Å². The predicted molar refractivity (Wildman–Crippen MR) is 68.4 cm³/mol. The third kappa shape index (κ3) is 3.44. The van der Waals surface area contributed by atoms with E-state index in [9.17, 15) is 5.11 Å². The summed E-state index contributed by atoms with van der Waals surface area (Å²) in [5.74, 6) is 0.587. The SMILES string of the molecule is COc1nc(NCc2ccc(O)cc2)nc(OC)n1. The quantitative estimate of drug-likeness (QED) is 0.836. The van der Waals surface area contributed by atoms with E-state index in [1.54, 1.807) is 24.3 Å². The van der Waals surface area contributed by atoms with E-state index in [-0.39, 0.29) is 17.8 Å². The maximum Gasteiger partial charge on any atom is 0.324 e. The van der Waals surface area contributed by atoms with Crippen molar-refractivity contribution in [1.82, 2.24) is 15.0 Å². The van der Waals surface area contributed by atoms with Gasteiger partial charge in [0.1, 0.15) is 5.75 Å². The Morgan fingerprint density at radius 2 is 1.58 bits per heavy atom. The van der Waals surface area contributed by atoms with Gasteiger partial charge in [0.2, 0.25) is 5.95 Å². The second-order valence-electron chi connectivity index (χ2n) is 3.65. The number of rotatable bonds is 5. The number of hydrogen-bond acceptors (Lipinski definition) is 7. The molecule has 0 amide bonds. The van der Waals surface area contributed by atoms with Crippen LogP contribution in [0.1, 0.15) is 5.56 Å². The number of anilines is 1. The van der Waals surface area contributed by atoms with E-state index in [4.69, 9.17) is 9.47 Å². The summed E-state index contributed by atoms with van der Waals surface area (Å²) in [6.07, 6.45) is 0. The van der Waals surface area contributed by atoms with Crippen LogP contribution in [0.3, 0.4) is 0 Å². The number of phenolic OH excluding ortho intramolecular Hbond substituents is 1. The van der Waals surface area contributed by atoms with Crippen molar-refractivity contribution in [2.45, 2.75) is 6.54 Å². The van der Waals surface area contributed by atoms with Crippen LogP contribution in [0.5, 0.6) is 17.8 Å². The van der Waals surface area contributed by atoms with Crippen LogP contribution in [-0.4, -0.2) is 34.3 Å². The van der Waals surface area contributed by atoms with Crippen molar-refractivity contribution in [1.29, 1.82) is 0 Å². The zero-order valence-corrected chi connectivity index (χ0v) is 10.6. The van der Waals surface area contributed by atoms with E-state index >= 15 is 0 Å². The number of methoxy groups -OCH3 is 2. The average Bonchev–Trinajstić information content (AvgIpc) is 2.46. The lowest BCUT2D eigenvalue weighted by atomic mass is 10.2. The van der Waals surface area contributed by atoms with Gasteiger partial charge in [-0.1, -0.05) is 12.1 Å². The minimum Gasteiger partial charge on any atom is -0.508 e. The maximum absolute atomic E-state index is 9.19. The molecule has 0 bridgehead atoms. The first kappa shape index (κ1) is 12.9. The van der Waals surface area contributed by atoms with Crippen LogP contribution >= 0.6 is 0 Å². The van der Waals surface area contributed by atoms with Crippen molar-refractivity contribution in [3.8, 4) is 17.8 Å². The normalized spacial score (nSPS) is 10.0. The van der Waals surface area contributed by atoms with E-state index < -0.39 is 0 Å². The predicted octanol–water partition coefficient (Wildman–Crippen LogP) is 1.21. The van der Waals surface area contributed by atoms with Crippen molar-refractivity contribution in [2.75, 3.05) is 19.5 Å². The number of nitrogens with zero attached hydrogens (tertiary/aromatic N) is 3. The molecule has 1 heterocycles. The molecule has 0 fully saturated rings. The molecule has 1 aromatic carbocycles. The molecule has 0 saturated carbocycles. The summed E-state index contributed by atoms with van der Waals surface area (Å²) in [4.78, 5) is 12.0. The third-order valence-corrected chi connectivity index (χ3v) is 2.35. The van der Waals surface area contributed by atoms with Crippen molar-refractivity contribution >= 4 is 5.95 Å². The summed E-state index contributed by atoms with van der Waals surface area (Å²) in [7, 11) is 2.94. The fraction of sp³-hybridized carbons (Fsp3) is 0.250. The first-order valence-electron chi connectivity index (χ1n) is 5.57. The molecular weight excluding hydrogens is 248 g/mol. The lowest BCUT2D eigenvalue weighted by Crippen LogP contribution is -2.07. The van der Waals surface area contributed by atoms with Crippen LogP contribution in [0, 0.1) is 0 Å². The van der Waals surface area contributed by atoms with Crippen LogP contribution in [0.25, 0.3) is 0 Å². The van der Waals surface area contributed by atoms with Gasteiger partial charge in [0.25, 0.3) is 0 Å². The number of hydrogen-bond donors (Lipinski definition) is 2. The van der Waals surface area contributed by atoms with Gasteiger partial charge in [-0.05, 0) is 17.7 Å². The molecule has 1 aromatic heterocycles. The Kier molecular flexibility index (Phi) is 3.97. The van der Waals surface area contributed by atoms with Crippen molar-refractivity contribution in [3.05, 3.63) is 29.8 Å². The summed E-state index contributed by atoms with van der Waals surface area (Å²) in [5, 5.41) is 12.2. The topological polar surface area (TPSA) is 89.4 Å². The van der Waals surface area contributed by atoms with Crippen LogP contribution < -0.4 is 14.8 Å². The van der Waals surface area contributed by atoms with Crippen LogP contribution in [-0.2, 0) is 6.54 Å². The molecule has 0 unspecified atom stereocenters. The van der Waals surface area contributed by atoms with Gasteiger partial charge in [0, 0.05) is 6.54 Å². The summed E-state index contributed by atoms with van der Waals surface area (Å²) in [6.45, 7) is 0.511. The molecule has 2 N–H and O–H groups in total. The highest BCUT2D eigenvalue weighted by atomic mass is 16.5. The molecule has 0 aliphatic carbocycles. The second kappa shape index (κ2) is 5.85. The largest absolute Gasteiger partial charge is 0.508 e. The number of ether oxygens (including phenoxy) is 2. The lowest BCUT2D eigenvalue weighted by molar-refractivity contribution is 0.341. The molecule has 2 rings (SSSR count). The molecule has 0 radical (unpaired) electrons. The molecule has 0 atom stereocenters. The monoisotopic (exact) mass is 262 g/mol. The Hall–Kier alpha value is -2.57. The van der Waals surface area contributed by atoms with E-state index in [0.29, 0.717) is 12.5 Å². The molecular formula is C12H14N4O3. The average molecular weight is 262 g/mol. The van der Waals surface area contributed by atoms with E-state index in [1.165, 1.54) is 14.2 Å². The third-order valence-electron chi connectivity index (χ3n) is 2.35.